The van der Waals surface area contributed by atoms with Crippen molar-refractivity contribution in [2.24, 2.45) is 0 Å². The number of hydrogen-bond donors (Lipinski definition) is 1. The molecule has 0 bridgehead atoms. The van der Waals surface area contributed by atoms with E-state index in [2.05, 4.69) is 5.32 Å². The maximum Gasteiger partial charge on any atom is 0.324 e. The average Bonchev–Trinajstić information content (AvgIpc) is 2.42. The van der Waals surface area contributed by atoms with Gasteiger partial charge in [0, 0.05) is 12.4 Å². The Kier molecular flexibility index (Phi) is 4.02. The Morgan fingerprint density at radius 2 is 2.08 bits per heavy atom. The van der Waals surface area contributed by atoms with Crippen molar-refractivity contribution in [3.63, 3.8) is 0 Å². The lowest BCUT2D eigenvalue weighted by molar-refractivity contribution is -0.125. The minimum absolute atomic E-state index is 0.129. The molecule has 1 fully saturated rings. The molecule has 3 amide bonds. The lowest BCUT2D eigenvalue weighted by atomic mass is 10.2. The van der Waals surface area contributed by atoms with Crippen molar-refractivity contribution in [3.05, 3.63) is 0 Å². The van der Waals surface area contributed by atoms with Gasteiger partial charge in [-0.15, -0.1) is 11.6 Å². The van der Waals surface area contributed by atoms with Gasteiger partial charge in [-0.25, -0.2) is 4.79 Å². The second-order valence-electron chi connectivity index (χ2n) is 2.95. The van der Waals surface area contributed by atoms with Gasteiger partial charge in [0.25, 0.3) is 0 Å². The highest BCUT2D eigenvalue weighted by Gasteiger charge is 2.27. The summed E-state index contributed by atoms with van der Waals surface area (Å²) in [7, 11) is 0. The first kappa shape index (κ1) is 10.3. The van der Waals surface area contributed by atoms with E-state index in [1.165, 1.54) is 4.90 Å². The van der Waals surface area contributed by atoms with Gasteiger partial charge in [-0.3, -0.25) is 9.69 Å². The molecule has 0 unspecified atom stereocenters. The molecule has 0 saturated carbocycles. The molecule has 0 aliphatic carbocycles. The Hall–Kier alpha value is -0.770. The Labute approximate surface area is 82.2 Å². The Balaban J connectivity index is 2.20. The molecule has 0 aromatic carbocycles. The molecular weight excluding hydrogens is 192 g/mol. The average molecular weight is 205 g/mol. The van der Waals surface area contributed by atoms with Gasteiger partial charge in [-0.2, -0.15) is 0 Å². The van der Waals surface area contributed by atoms with Crippen molar-refractivity contribution in [1.29, 1.82) is 0 Å². The van der Waals surface area contributed by atoms with E-state index < -0.39 is 0 Å². The number of carbonyl (C=O) groups excluding carboxylic acids is 2. The van der Waals surface area contributed by atoms with Gasteiger partial charge >= 0.3 is 6.03 Å². The van der Waals surface area contributed by atoms with E-state index in [9.17, 15) is 9.59 Å². The van der Waals surface area contributed by atoms with Crippen molar-refractivity contribution in [2.75, 3.05) is 19.0 Å². The zero-order chi connectivity index (χ0) is 9.68. The van der Waals surface area contributed by atoms with Crippen molar-refractivity contribution < 1.29 is 9.59 Å². The first-order valence-electron chi connectivity index (χ1n) is 4.40. The molecule has 5 heteroatoms. The van der Waals surface area contributed by atoms with Crippen LogP contribution in [0.3, 0.4) is 0 Å². The molecule has 13 heavy (non-hydrogen) atoms. The zero-order valence-electron chi connectivity index (χ0n) is 7.38. The topological polar surface area (TPSA) is 49.4 Å². The van der Waals surface area contributed by atoms with Crippen LogP contribution >= 0.6 is 11.6 Å². The fraction of sp³-hybridized carbons (Fsp3) is 0.750. The summed E-state index contributed by atoms with van der Waals surface area (Å²) in [4.78, 5) is 23.3. The molecule has 1 heterocycles. The second-order valence-corrected chi connectivity index (χ2v) is 3.33. The third kappa shape index (κ3) is 2.88. The van der Waals surface area contributed by atoms with Crippen LogP contribution in [0.25, 0.3) is 0 Å². The number of hydrogen-bond acceptors (Lipinski definition) is 2. The van der Waals surface area contributed by atoms with E-state index in [1.54, 1.807) is 0 Å². The van der Waals surface area contributed by atoms with Crippen molar-refractivity contribution >= 4 is 23.5 Å². The SMILES string of the molecule is O=C1CNC(=O)N1CCCCCCl. The van der Waals surface area contributed by atoms with Crippen molar-refractivity contribution in [1.82, 2.24) is 10.2 Å². The highest BCUT2D eigenvalue weighted by Crippen LogP contribution is 2.04. The van der Waals surface area contributed by atoms with E-state index in [0.717, 1.165) is 19.3 Å². The Morgan fingerprint density at radius 3 is 2.62 bits per heavy atom. The van der Waals surface area contributed by atoms with Crippen LogP contribution in [0.15, 0.2) is 0 Å². The van der Waals surface area contributed by atoms with E-state index in [-0.39, 0.29) is 18.5 Å². The largest absolute Gasteiger partial charge is 0.329 e. The highest BCUT2D eigenvalue weighted by atomic mass is 35.5. The summed E-state index contributed by atoms with van der Waals surface area (Å²) >= 11 is 5.49. The van der Waals surface area contributed by atoms with E-state index >= 15 is 0 Å². The van der Waals surface area contributed by atoms with Gasteiger partial charge in [0.15, 0.2) is 0 Å². The smallest absolute Gasteiger partial charge is 0.324 e. The number of carbonyl (C=O) groups is 2. The zero-order valence-corrected chi connectivity index (χ0v) is 8.14. The number of nitrogens with zero attached hydrogens (tertiary/aromatic N) is 1. The van der Waals surface area contributed by atoms with Crippen LogP contribution in [0.5, 0.6) is 0 Å². The number of alkyl halides is 1. The van der Waals surface area contributed by atoms with E-state index in [1.807, 2.05) is 0 Å². The minimum Gasteiger partial charge on any atom is -0.329 e. The standard InChI is InChI=1S/C8H13ClN2O2/c9-4-2-1-3-5-11-7(12)6-10-8(11)13/h1-6H2,(H,10,13). The van der Waals surface area contributed by atoms with Crippen LogP contribution in [0.1, 0.15) is 19.3 Å². The van der Waals surface area contributed by atoms with Crippen LogP contribution < -0.4 is 5.32 Å². The maximum absolute atomic E-state index is 11.1. The molecule has 0 spiro atoms. The summed E-state index contributed by atoms with van der Waals surface area (Å²) in [6, 6.07) is -0.268. The molecular formula is C8H13ClN2O2. The molecule has 0 atom stereocenters. The summed E-state index contributed by atoms with van der Waals surface area (Å²) in [6.07, 6.45) is 2.73. The van der Waals surface area contributed by atoms with Crippen molar-refractivity contribution in [2.45, 2.75) is 19.3 Å². The van der Waals surface area contributed by atoms with Crippen LogP contribution in [0.2, 0.25) is 0 Å². The quantitative estimate of drug-likeness (QED) is 0.412. The van der Waals surface area contributed by atoms with Crippen molar-refractivity contribution in [3.8, 4) is 0 Å². The van der Waals surface area contributed by atoms with Gasteiger partial charge in [0.05, 0.1) is 6.54 Å². The molecule has 1 aliphatic heterocycles. The van der Waals surface area contributed by atoms with Crippen LogP contribution in [-0.4, -0.2) is 35.8 Å². The second kappa shape index (κ2) is 5.07. The Bertz CT molecular complexity index is 192. The molecule has 0 aromatic rings. The molecule has 1 N–H and O–H groups in total. The van der Waals surface area contributed by atoms with Gasteiger partial charge < -0.3 is 5.32 Å². The summed E-state index contributed by atoms with van der Waals surface area (Å²) in [5, 5.41) is 2.47. The number of amides is 3. The van der Waals surface area contributed by atoms with Gasteiger partial charge in [-0.1, -0.05) is 6.42 Å². The predicted octanol–water partition coefficient (Wildman–Crippen LogP) is 0.947. The monoisotopic (exact) mass is 204 g/mol. The lowest BCUT2D eigenvalue weighted by Gasteiger charge is -2.10. The summed E-state index contributed by atoms with van der Waals surface area (Å²) in [6.45, 7) is 0.663. The molecule has 0 aromatic heterocycles. The number of unbranched alkanes of at least 4 members (excludes halogenated alkanes) is 2. The number of nitrogens with one attached hydrogen (secondary N) is 1. The van der Waals surface area contributed by atoms with E-state index in [0.29, 0.717) is 12.4 Å². The minimum atomic E-state index is -0.268. The normalized spacial score (nSPS) is 16.5. The first-order valence-corrected chi connectivity index (χ1v) is 4.93. The number of halogens is 1. The molecule has 1 aliphatic rings. The molecule has 1 rings (SSSR count). The fourth-order valence-corrected chi connectivity index (χ4v) is 1.41. The summed E-state index contributed by atoms with van der Waals surface area (Å²) < 4.78 is 0. The summed E-state index contributed by atoms with van der Waals surface area (Å²) in [5.41, 5.74) is 0. The number of urea groups is 1. The lowest BCUT2D eigenvalue weighted by Crippen LogP contribution is -2.31. The molecule has 0 radical (unpaired) electrons. The number of rotatable bonds is 5. The van der Waals surface area contributed by atoms with Gasteiger partial charge in [0.2, 0.25) is 5.91 Å². The van der Waals surface area contributed by atoms with Crippen LogP contribution in [-0.2, 0) is 4.79 Å². The van der Waals surface area contributed by atoms with E-state index in [4.69, 9.17) is 11.6 Å². The third-order valence-corrected chi connectivity index (χ3v) is 2.22. The third-order valence-electron chi connectivity index (χ3n) is 1.95. The van der Waals surface area contributed by atoms with Gasteiger partial charge in [-0.05, 0) is 12.8 Å². The Morgan fingerprint density at radius 1 is 1.31 bits per heavy atom. The van der Waals surface area contributed by atoms with Gasteiger partial charge in [0.1, 0.15) is 0 Å². The number of imide groups is 1. The highest BCUT2D eigenvalue weighted by molar-refractivity contribution is 6.17. The van der Waals surface area contributed by atoms with Crippen LogP contribution in [0.4, 0.5) is 4.79 Å². The molecule has 74 valence electrons. The van der Waals surface area contributed by atoms with Crippen LogP contribution in [0, 0.1) is 0 Å². The maximum atomic E-state index is 11.1. The molecule has 1 saturated heterocycles. The molecule has 4 nitrogen and oxygen atoms in total. The fourth-order valence-electron chi connectivity index (χ4n) is 1.22. The summed E-state index contributed by atoms with van der Waals surface area (Å²) in [5.74, 6) is 0.510. The first-order chi connectivity index (χ1) is 6.25. The predicted molar refractivity (Wildman–Crippen MR) is 49.7 cm³/mol.